The first kappa shape index (κ1) is 22.5. The lowest BCUT2D eigenvalue weighted by Gasteiger charge is -2.16. The number of carbonyl (C=O) groups excluding carboxylic acids is 1. The molecular formula is C21H25BrN2O5. The molecular weight excluding hydrogens is 440 g/mol. The lowest BCUT2D eigenvalue weighted by molar-refractivity contribution is 0.0954. The maximum atomic E-state index is 12.6. The average molecular weight is 465 g/mol. The summed E-state index contributed by atoms with van der Waals surface area (Å²) in [5, 5.41) is 4.04. The monoisotopic (exact) mass is 464 g/mol. The normalized spacial score (nSPS) is 10.7. The fraction of sp³-hybridized carbons (Fsp3) is 0.333. The van der Waals surface area contributed by atoms with E-state index in [0.29, 0.717) is 48.4 Å². The molecule has 2 rings (SSSR count). The van der Waals surface area contributed by atoms with Gasteiger partial charge in [-0.3, -0.25) is 4.79 Å². The highest BCUT2D eigenvalue weighted by Gasteiger charge is 2.18. The van der Waals surface area contributed by atoms with Gasteiger partial charge in [0.05, 0.1) is 33.1 Å². The van der Waals surface area contributed by atoms with Crippen LogP contribution in [0.5, 0.6) is 23.0 Å². The lowest BCUT2D eigenvalue weighted by Crippen LogP contribution is -2.18. The van der Waals surface area contributed by atoms with Crippen LogP contribution in [0.4, 0.5) is 0 Å². The van der Waals surface area contributed by atoms with Gasteiger partial charge < -0.3 is 18.9 Å². The van der Waals surface area contributed by atoms with Gasteiger partial charge in [-0.2, -0.15) is 5.10 Å². The minimum absolute atomic E-state index is 0.346. The topological polar surface area (TPSA) is 78.4 Å². The quantitative estimate of drug-likeness (QED) is 0.415. The number of benzene rings is 2. The smallest absolute Gasteiger partial charge is 0.271 e. The lowest BCUT2D eigenvalue weighted by atomic mass is 10.1. The van der Waals surface area contributed by atoms with Crippen LogP contribution in [0.25, 0.3) is 0 Å². The number of hydrogen-bond donors (Lipinski definition) is 1. The maximum Gasteiger partial charge on any atom is 0.271 e. The third kappa shape index (κ3) is 6.12. The fourth-order valence-electron chi connectivity index (χ4n) is 2.55. The third-order valence-corrected chi connectivity index (χ3v) is 4.23. The first-order chi connectivity index (χ1) is 14.0. The molecule has 0 radical (unpaired) electrons. The number of carbonyl (C=O) groups is 1. The molecule has 0 saturated carbocycles. The van der Waals surface area contributed by atoms with Crippen molar-refractivity contribution < 1.29 is 23.7 Å². The Hall–Kier alpha value is -2.74. The predicted molar refractivity (Wildman–Crippen MR) is 116 cm³/mol. The zero-order valence-corrected chi connectivity index (χ0v) is 18.5. The Morgan fingerprint density at radius 2 is 1.62 bits per heavy atom. The van der Waals surface area contributed by atoms with E-state index in [9.17, 15) is 4.79 Å². The third-order valence-electron chi connectivity index (χ3n) is 3.73. The molecule has 0 saturated heterocycles. The molecule has 29 heavy (non-hydrogen) atoms. The van der Waals surface area contributed by atoms with Crippen molar-refractivity contribution >= 4 is 28.1 Å². The highest BCUT2D eigenvalue weighted by Crippen LogP contribution is 2.39. The summed E-state index contributed by atoms with van der Waals surface area (Å²) < 4.78 is 23.1. The van der Waals surface area contributed by atoms with Crippen LogP contribution in [0.3, 0.4) is 0 Å². The Balaban J connectivity index is 2.26. The summed E-state index contributed by atoms with van der Waals surface area (Å²) in [6, 6.07) is 8.73. The van der Waals surface area contributed by atoms with Crippen molar-refractivity contribution in [1.29, 1.82) is 0 Å². The molecule has 156 valence electrons. The molecule has 2 aromatic rings. The number of amides is 1. The van der Waals surface area contributed by atoms with E-state index < -0.39 is 5.91 Å². The number of nitrogens with one attached hydrogen (secondary N) is 1. The standard InChI is InChI=1S/C21H25BrN2O5/c1-5-27-18-11-14(12-19(28-6-2)20(18)29-7-3)21(25)24-23-13-15-10-16(22)8-9-17(15)26-4/h8-13H,5-7H2,1-4H3,(H,24,25)/b23-13+. The Labute approximate surface area is 179 Å². The number of ether oxygens (including phenoxy) is 4. The second-order valence-electron chi connectivity index (χ2n) is 5.69. The van der Waals surface area contributed by atoms with Gasteiger partial charge in [0.2, 0.25) is 5.75 Å². The van der Waals surface area contributed by atoms with E-state index in [1.54, 1.807) is 19.2 Å². The Bertz CT molecular complexity index is 843. The molecule has 0 aliphatic rings. The van der Waals surface area contributed by atoms with Gasteiger partial charge in [-0.05, 0) is 51.1 Å². The zero-order chi connectivity index (χ0) is 21.2. The van der Waals surface area contributed by atoms with Crippen LogP contribution in [0.15, 0.2) is 39.9 Å². The van der Waals surface area contributed by atoms with Gasteiger partial charge in [0.15, 0.2) is 11.5 Å². The Morgan fingerprint density at radius 1 is 1.00 bits per heavy atom. The van der Waals surface area contributed by atoms with Crippen LogP contribution in [0, 0.1) is 0 Å². The van der Waals surface area contributed by atoms with E-state index in [-0.39, 0.29) is 0 Å². The van der Waals surface area contributed by atoms with Crippen LogP contribution in [0.2, 0.25) is 0 Å². The van der Waals surface area contributed by atoms with E-state index >= 15 is 0 Å². The molecule has 7 nitrogen and oxygen atoms in total. The van der Waals surface area contributed by atoms with E-state index in [4.69, 9.17) is 18.9 Å². The molecule has 0 spiro atoms. The van der Waals surface area contributed by atoms with E-state index in [1.807, 2.05) is 39.0 Å². The zero-order valence-electron chi connectivity index (χ0n) is 17.0. The summed E-state index contributed by atoms with van der Waals surface area (Å²) >= 11 is 3.40. The number of methoxy groups -OCH3 is 1. The van der Waals surface area contributed by atoms with Gasteiger partial charge in [0, 0.05) is 15.6 Å². The van der Waals surface area contributed by atoms with Crippen molar-refractivity contribution in [2.24, 2.45) is 5.10 Å². The summed E-state index contributed by atoms with van der Waals surface area (Å²) in [6.45, 7) is 6.90. The van der Waals surface area contributed by atoms with Gasteiger partial charge in [-0.25, -0.2) is 5.43 Å². The van der Waals surface area contributed by atoms with Crippen LogP contribution in [0.1, 0.15) is 36.7 Å². The largest absolute Gasteiger partial charge is 0.496 e. The van der Waals surface area contributed by atoms with E-state index in [1.165, 1.54) is 6.21 Å². The van der Waals surface area contributed by atoms with Crippen molar-refractivity contribution in [3.63, 3.8) is 0 Å². The first-order valence-corrected chi connectivity index (χ1v) is 10.1. The second kappa shape index (κ2) is 11.3. The highest BCUT2D eigenvalue weighted by atomic mass is 79.9. The molecule has 2 aromatic carbocycles. The van der Waals surface area contributed by atoms with Gasteiger partial charge in [-0.1, -0.05) is 15.9 Å². The minimum atomic E-state index is -0.403. The number of halogens is 1. The summed E-state index contributed by atoms with van der Waals surface area (Å²) in [5.74, 6) is 1.62. The molecule has 1 N–H and O–H groups in total. The van der Waals surface area contributed by atoms with Crippen LogP contribution in [-0.2, 0) is 0 Å². The molecule has 0 unspecified atom stereocenters. The molecule has 0 heterocycles. The van der Waals surface area contributed by atoms with Crippen molar-refractivity contribution in [1.82, 2.24) is 5.43 Å². The van der Waals surface area contributed by atoms with Crippen LogP contribution in [-0.4, -0.2) is 39.1 Å². The molecule has 0 fully saturated rings. The fourth-order valence-corrected chi connectivity index (χ4v) is 2.93. The predicted octanol–water partition coefficient (Wildman–Crippen LogP) is 4.42. The van der Waals surface area contributed by atoms with Gasteiger partial charge in [0.25, 0.3) is 5.91 Å². The molecule has 0 atom stereocenters. The van der Waals surface area contributed by atoms with E-state index in [2.05, 4.69) is 26.5 Å². The van der Waals surface area contributed by atoms with Crippen molar-refractivity contribution in [2.75, 3.05) is 26.9 Å². The Morgan fingerprint density at radius 3 is 2.17 bits per heavy atom. The van der Waals surface area contributed by atoms with Gasteiger partial charge in [-0.15, -0.1) is 0 Å². The van der Waals surface area contributed by atoms with E-state index in [0.717, 1.165) is 10.0 Å². The Kier molecular flexibility index (Phi) is 8.79. The van der Waals surface area contributed by atoms with Crippen molar-refractivity contribution in [2.45, 2.75) is 20.8 Å². The summed E-state index contributed by atoms with van der Waals surface area (Å²) in [7, 11) is 1.57. The molecule has 0 aromatic heterocycles. The number of hydrazone groups is 1. The number of nitrogens with zero attached hydrogens (tertiary/aromatic N) is 1. The van der Waals surface area contributed by atoms with Crippen molar-refractivity contribution in [3.05, 3.63) is 45.9 Å². The summed E-state index contributed by atoms with van der Waals surface area (Å²) in [6.07, 6.45) is 1.52. The van der Waals surface area contributed by atoms with Crippen LogP contribution >= 0.6 is 15.9 Å². The maximum absolute atomic E-state index is 12.6. The molecule has 1 amide bonds. The number of rotatable bonds is 10. The average Bonchev–Trinajstić information content (AvgIpc) is 2.70. The SMILES string of the molecule is CCOc1cc(C(=O)N/N=C/c2cc(Br)ccc2OC)cc(OCC)c1OCC. The van der Waals surface area contributed by atoms with Gasteiger partial charge >= 0.3 is 0 Å². The van der Waals surface area contributed by atoms with Crippen LogP contribution < -0.4 is 24.4 Å². The minimum Gasteiger partial charge on any atom is -0.496 e. The second-order valence-corrected chi connectivity index (χ2v) is 6.60. The summed E-state index contributed by atoms with van der Waals surface area (Å²) in [4.78, 5) is 12.6. The number of hydrogen-bond acceptors (Lipinski definition) is 6. The summed E-state index contributed by atoms with van der Waals surface area (Å²) in [5.41, 5.74) is 3.58. The highest BCUT2D eigenvalue weighted by molar-refractivity contribution is 9.10. The molecule has 8 heteroatoms. The molecule has 0 aliphatic carbocycles. The van der Waals surface area contributed by atoms with Gasteiger partial charge in [0.1, 0.15) is 5.75 Å². The molecule has 0 aliphatic heterocycles. The molecule has 0 bridgehead atoms. The van der Waals surface area contributed by atoms with Crippen molar-refractivity contribution in [3.8, 4) is 23.0 Å². The first-order valence-electron chi connectivity index (χ1n) is 9.27.